The van der Waals surface area contributed by atoms with E-state index in [1.54, 1.807) is 7.11 Å². The van der Waals surface area contributed by atoms with Crippen molar-refractivity contribution in [2.24, 2.45) is 0 Å². The summed E-state index contributed by atoms with van der Waals surface area (Å²) in [6.07, 6.45) is 2.21. The van der Waals surface area contributed by atoms with Crippen molar-refractivity contribution in [3.05, 3.63) is 23.8 Å². The number of carbonyl (C=O) groups is 1. The zero-order valence-electron chi connectivity index (χ0n) is 11.3. The number of carbonyl (C=O) groups excluding carboxylic acids is 1. The molecule has 1 aromatic carbocycles. The van der Waals surface area contributed by atoms with Crippen LogP contribution in [0.2, 0.25) is 0 Å². The maximum absolute atomic E-state index is 11.7. The third-order valence-electron chi connectivity index (χ3n) is 3.10. The molecule has 0 fully saturated rings. The van der Waals surface area contributed by atoms with Crippen molar-refractivity contribution < 1.29 is 9.53 Å². The molecule has 0 spiro atoms. The molecule has 1 aliphatic rings. The summed E-state index contributed by atoms with van der Waals surface area (Å²) in [5.41, 5.74) is 3.32. The SMILES string of the molecule is COCCNCC(=O)Nc1ccc2c(c1)CCCN2. The molecule has 104 valence electrons. The van der Waals surface area contributed by atoms with E-state index in [2.05, 4.69) is 22.0 Å². The fourth-order valence-corrected chi connectivity index (χ4v) is 2.13. The van der Waals surface area contributed by atoms with Gasteiger partial charge in [-0.15, -0.1) is 0 Å². The number of hydrogen-bond donors (Lipinski definition) is 3. The van der Waals surface area contributed by atoms with E-state index >= 15 is 0 Å². The zero-order chi connectivity index (χ0) is 13.5. The Bertz CT molecular complexity index is 435. The van der Waals surface area contributed by atoms with E-state index in [0.717, 1.165) is 25.1 Å². The summed E-state index contributed by atoms with van der Waals surface area (Å²) in [6.45, 7) is 2.62. The Morgan fingerprint density at radius 2 is 2.37 bits per heavy atom. The number of ether oxygens (including phenoxy) is 1. The van der Waals surface area contributed by atoms with Crippen molar-refractivity contribution in [3.8, 4) is 0 Å². The fourth-order valence-electron chi connectivity index (χ4n) is 2.13. The Morgan fingerprint density at radius 1 is 1.47 bits per heavy atom. The van der Waals surface area contributed by atoms with Gasteiger partial charge >= 0.3 is 0 Å². The first kappa shape index (κ1) is 13.8. The number of hydrogen-bond acceptors (Lipinski definition) is 4. The Hall–Kier alpha value is -1.59. The number of amides is 1. The first-order valence-corrected chi connectivity index (χ1v) is 6.66. The van der Waals surface area contributed by atoms with E-state index < -0.39 is 0 Å². The second-order valence-corrected chi connectivity index (χ2v) is 4.62. The normalized spacial score (nSPS) is 13.5. The predicted octanol–water partition coefficient (Wildman–Crippen LogP) is 1.22. The molecule has 0 radical (unpaired) electrons. The Kier molecular flexibility index (Phi) is 5.18. The molecule has 0 aromatic heterocycles. The van der Waals surface area contributed by atoms with Crippen molar-refractivity contribution in [2.45, 2.75) is 12.8 Å². The Morgan fingerprint density at radius 3 is 3.21 bits per heavy atom. The van der Waals surface area contributed by atoms with Gasteiger partial charge in [0.2, 0.25) is 5.91 Å². The quantitative estimate of drug-likeness (QED) is 0.675. The van der Waals surface area contributed by atoms with Gasteiger partial charge < -0.3 is 20.7 Å². The van der Waals surface area contributed by atoms with Gasteiger partial charge in [-0.25, -0.2) is 0 Å². The molecule has 1 heterocycles. The van der Waals surface area contributed by atoms with Crippen LogP contribution in [0.25, 0.3) is 0 Å². The fraction of sp³-hybridized carbons (Fsp3) is 0.500. The summed E-state index contributed by atoms with van der Waals surface area (Å²) in [5, 5.41) is 9.27. The highest BCUT2D eigenvalue weighted by atomic mass is 16.5. The molecule has 0 aliphatic carbocycles. The van der Waals surface area contributed by atoms with Crippen LogP contribution < -0.4 is 16.0 Å². The van der Waals surface area contributed by atoms with Crippen LogP contribution in [0.4, 0.5) is 11.4 Å². The van der Waals surface area contributed by atoms with Crippen LogP contribution in [0.3, 0.4) is 0 Å². The van der Waals surface area contributed by atoms with Crippen molar-refractivity contribution >= 4 is 17.3 Å². The highest BCUT2D eigenvalue weighted by molar-refractivity contribution is 5.92. The van der Waals surface area contributed by atoms with E-state index in [1.807, 2.05) is 12.1 Å². The summed E-state index contributed by atoms with van der Waals surface area (Å²) in [7, 11) is 1.64. The van der Waals surface area contributed by atoms with Gasteiger partial charge in [0.15, 0.2) is 0 Å². The second-order valence-electron chi connectivity index (χ2n) is 4.62. The number of aryl methyl sites for hydroxylation is 1. The van der Waals surface area contributed by atoms with Crippen LogP contribution in [-0.2, 0) is 16.0 Å². The monoisotopic (exact) mass is 263 g/mol. The summed E-state index contributed by atoms with van der Waals surface area (Å²) >= 11 is 0. The molecule has 0 unspecified atom stereocenters. The Balaban J connectivity index is 1.83. The lowest BCUT2D eigenvalue weighted by Crippen LogP contribution is -2.30. The Labute approximate surface area is 113 Å². The third kappa shape index (κ3) is 4.22. The number of rotatable bonds is 6. The van der Waals surface area contributed by atoms with Gasteiger partial charge in [-0.1, -0.05) is 0 Å². The lowest BCUT2D eigenvalue weighted by Gasteiger charge is -2.18. The van der Waals surface area contributed by atoms with Gasteiger partial charge in [0.1, 0.15) is 0 Å². The highest BCUT2D eigenvalue weighted by Gasteiger charge is 2.09. The van der Waals surface area contributed by atoms with Crippen LogP contribution >= 0.6 is 0 Å². The lowest BCUT2D eigenvalue weighted by atomic mass is 10.0. The molecule has 1 amide bonds. The summed E-state index contributed by atoms with van der Waals surface area (Å²) in [6, 6.07) is 6.02. The van der Waals surface area contributed by atoms with Crippen LogP contribution in [0, 0.1) is 0 Å². The second kappa shape index (κ2) is 7.11. The number of anilines is 2. The van der Waals surface area contributed by atoms with Crippen molar-refractivity contribution in [1.29, 1.82) is 0 Å². The minimum Gasteiger partial charge on any atom is -0.385 e. The van der Waals surface area contributed by atoms with Crippen LogP contribution in [0.1, 0.15) is 12.0 Å². The summed E-state index contributed by atoms with van der Waals surface area (Å²) < 4.78 is 4.90. The van der Waals surface area contributed by atoms with E-state index in [-0.39, 0.29) is 5.91 Å². The molecule has 0 bridgehead atoms. The maximum atomic E-state index is 11.7. The molecule has 1 aromatic rings. The molecule has 5 nitrogen and oxygen atoms in total. The summed E-state index contributed by atoms with van der Waals surface area (Å²) in [5.74, 6) is -0.0279. The van der Waals surface area contributed by atoms with Gasteiger partial charge in [-0.3, -0.25) is 4.79 Å². The smallest absolute Gasteiger partial charge is 0.238 e. The van der Waals surface area contributed by atoms with Gasteiger partial charge in [0.25, 0.3) is 0 Å². The number of nitrogens with one attached hydrogen (secondary N) is 3. The van der Waals surface area contributed by atoms with Gasteiger partial charge in [-0.05, 0) is 36.6 Å². The maximum Gasteiger partial charge on any atom is 0.238 e. The van der Waals surface area contributed by atoms with Crippen molar-refractivity contribution in [1.82, 2.24) is 5.32 Å². The number of fused-ring (bicyclic) bond motifs is 1. The average molecular weight is 263 g/mol. The lowest BCUT2D eigenvalue weighted by molar-refractivity contribution is -0.115. The van der Waals surface area contributed by atoms with E-state index in [1.165, 1.54) is 11.3 Å². The van der Waals surface area contributed by atoms with Gasteiger partial charge in [0, 0.05) is 31.6 Å². The van der Waals surface area contributed by atoms with Gasteiger partial charge in [0.05, 0.1) is 13.2 Å². The molecule has 0 saturated heterocycles. The largest absolute Gasteiger partial charge is 0.385 e. The molecule has 1 aliphatic heterocycles. The van der Waals surface area contributed by atoms with Crippen LogP contribution in [0.15, 0.2) is 18.2 Å². The number of methoxy groups -OCH3 is 1. The minimum absolute atomic E-state index is 0.0279. The minimum atomic E-state index is -0.0279. The van der Waals surface area contributed by atoms with E-state index in [4.69, 9.17) is 4.74 Å². The van der Waals surface area contributed by atoms with E-state index in [9.17, 15) is 4.79 Å². The predicted molar refractivity (Wildman–Crippen MR) is 76.6 cm³/mol. The molecule has 0 atom stereocenters. The topological polar surface area (TPSA) is 62.4 Å². The molecule has 0 saturated carbocycles. The molecule has 19 heavy (non-hydrogen) atoms. The first-order chi connectivity index (χ1) is 9.29. The molecule has 5 heteroatoms. The highest BCUT2D eigenvalue weighted by Crippen LogP contribution is 2.24. The first-order valence-electron chi connectivity index (χ1n) is 6.66. The molecule has 3 N–H and O–H groups in total. The molecule has 2 rings (SSSR count). The summed E-state index contributed by atoms with van der Waals surface area (Å²) in [4.78, 5) is 11.7. The third-order valence-corrected chi connectivity index (χ3v) is 3.10. The zero-order valence-corrected chi connectivity index (χ0v) is 11.3. The number of benzene rings is 1. The van der Waals surface area contributed by atoms with Crippen LogP contribution in [-0.4, -0.2) is 39.3 Å². The molecular weight excluding hydrogens is 242 g/mol. The average Bonchev–Trinajstić information content (AvgIpc) is 2.43. The standard InChI is InChI=1S/C14H21N3O2/c1-19-8-7-15-10-14(18)17-12-4-5-13-11(9-12)3-2-6-16-13/h4-5,9,15-16H,2-3,6-8,10H2,1H3,(H,17,18). The van der Waals surface area contributed by atoms with Crippen molar-refractivity contribution in [3.63, 3.8) is 0 Å². The van der Waals surface area contributed by atoms with Gasteiger partial charge in [-0.2, -0.15) is 0 Å². The van der Waals surface area contributed by atoms with E-state index in [0.29, 0.717) is 19.7 Å². The van der Waals surface area contributed by atoms with Crippen molar-refractivity contribution in [2.75, 3.05) is 44.0 Å². The molecular formula is C14H21N3O2. The van der Waals surface area contributed by atoms with Crippen LogP contribution in [0.5, 0.6) is 0 Å².